The standard InChI is InChI=1S/C21H19ClFN3OS/c1-3-12-26-20(27)19(13-16-6-4-5-7-18(16)22)28-21(26)25-24-14(2)15-8-10-17(23)11-9-15/h3-11,19H,1,12-13H2,2H3/b24-14-,25-21+. The van der Waals surface area contributed by atoms with Gasteiger partial charge in [-0.15, -0.1) is 11.7 Å². The van der Waals surface area contributed by atoms with Crippen molar-refractivity contribution in [3.05, 3.63) is 83.2 Å². The Balaban J connectivity index is 1.82. The van der Waals surface area contributed by atoms with E-state index in [-0.39, 0.29) is 17.0 Å². The number of hydrogen-bond acceptors (Lipinski definition) is 4. The lowest BCUT2D eigenvalue weighted by atomic mass is 10.1. The monoisotopic (exact) mass is 415 g/mol. The summed E-state index contributed by atoms with van der Waals surface area (Å²) in [5.74, 6) is -0.349. The van der Waals surface area contributed by atoms with Crippen LogP contribution in [0.4, 0.5) is 4.39 Å². The zero-order valence-corrected chi connectivity index (χ0v) is 16.9. The van der Waals surface area contributed by atoms with Gasteiger partial charge in [-0.3, -0.25) is 9.69 Å². The highest BCUT2D eigenvalue weighted by molar-refractivity contribution is 8.15. The second-order valence-electron chi connectivity index (χ2n) is 6.21. The summed E-state index contributed by atoms with van der Waals surface area (Å²) < 4.78 is 13.1. The first kappa shape index (κ1) is 20.3. The molecule has 0 aliphatic carbocycles. The maximum absolute atomic E-state index is 13.1. The van der Waals surface area contributed by atoms with E-state index in [2.05, 4.69) is 16.8 Å². The van der Waals surface area contributed by atoms with Gasteiger partial charge in [0.25, 0.3) is 0 Å². The minimum absolute atomic E-state index is 0.0433. The smallest absolute Gasteiger partial charge is 0.242 e. The molecule has 28 heavy (non-hydrogen) atoms. The molecule has 7 heteroatoms. The summed E-state index contributed by atoms with van der Waals surface area (Å²) in [6, 6.07) is 13.5. The van der Waals surface area contributed by atoms with Crippen LogP contribution in [-0.2, 0) is 11.2 Å². The van der Waals surface area contributed by atoms with Gasteiger partial charge in [-0.25, -0.2) is 4.39 Å². The van der Waals surface area contributed by atoms with Crippen molar-refractivity contribution in [2.45, 2.75) is 18.6 Å². The van der Waals surface area contributed by atoms with Crippen LogP contribution in [0.15, 0.2) is 71.4 Å². The Morgan fingerprint density at radius 1 is 1.29 bits per heavy atom. The van der Waals surface area contributed by atoms with E-state index >= 15 is 0 Å². The maximum atomic E-state index is 13.1. The molecule has 1 fully saturated rings. The number of halogens is 2. The second kappa shape index (κ2) is 9.17. The number of amidine groups is 1. The first-order valence-corrected chi connectivity index (χ1v) is 9.96. The third-order valence-corrected chi connectivity index (χ3v) is 5.78. The van der Waals surface area contributed by atoms with Crippen LogP contribution in [-0.4, -0.2) is 33.5 Å². The molecule has 1 aliphatic rings. The lowest BCUT2D eigenvalue weighted by Gasteiger charge is -2.13. The van der Waals surface area contributed by atoms with Gasteiger partial charge in [-0.1, -0.05) is 59.8 Å². The Morgan fingerprint density at radius 3 is 2.68 bits per heavy atom. The van der Waals surface area contributed by atoms with Crippen molar-refractivity contribution in [1.29, 1.82) is 0 Å². The van der Waals surface area contributed by atoms with E-state index in [9.17, 15) is 9.18 Å². The molecule has 0 spiro atoms. The molecule has 1 saturated heterocycles. The molecular weight excluding hydrogens is 397 g/mol. The number of benzene rings is 2. The lowest BCUT2D eigenvalue weighted by molar-refractivity contribution is -0.125. The SMILES string of the molecule is C=CCN1C(=O)C(Cc2ccccc2Cl)S/C1=N/N=C(/C)c1ccc(F)cc1. The van der Waals surface area contributed by atoms with Crippen molar-refractivity contribution in [3.63, 3.8) is 0 Å². The number of carbonyl (C=O) groups excluding carboxylic acids is 1. The summed E-state index contributed by atoms with van der Waals surface area (Å²) in [7, 11) is 0. The number of carbonyl (C=O) groups is 1. The van der Waals surface area contributed by atoms with E-state index < -0.39 is 0 Å². The minimum atomic E-state index is -0.320. The van der Waals surface area contributed by atoms with E-state index in [1.807, 2.05) is 24.3 Å². The summed E-state index contributed by atoms with van der Waals surface area (Å²) in [6.45, 7) is 5.86. The third-order valence-electron chi connectivity index (χ3n) is 4.24. The van der Waals surface area contributed by atoms with E-state index in [0.29, 0.717) is 28.9 Å². The second-order valence-corrected chi connectivity index (χ2v) is 7.79. The molecule has 2 aromatic rings. The Kier molecular flexibility index (Phi) is 6.65. The Morgan fingerprint density at radius 2 is 2.00 bits per heavy atom. The molecule has 144 valence electrons. The van der Waals surface area contributed by atoms with Gasteiger partial charge < -0.3 is 0 Å². The zero-order chi connectivity index (χ0) is 20.1. The molecule has 1 atom stereocenters. The number of nitrogens with zero attached hydrogens (tertiary/aromatic N) is 3. The number of thioether (sulfide) groups is 1. The van der Waals surface area contributed by atoms with Crippen LogP contribution >= 0.6 is 23.4 Å². The van der Waals surface area contributed by atoms with Gasteiger partial charge in [0.15, 0.2) is 5.17 Å². The summed E-state index contributed by atoms with van der Waals surface area (Å²) >= 11 is 7.60. The van der Waals surface area contributed by atoms with Gasteiger partial charge in [-0.2, -0.15) is 5.10 Å². The van der Waals surface area contributed by atoms with Crippen LogP contribution in [0, 0.1) is 5.82 Å². The fourth-order valence-electron chi connectivity index (χ4n) is 2.74. The topological polar surface area (TPSA) is 45.0 Å². The van der Waals surface area contributed by atoms with Crippen LogP contribution < -0.4 is 0 Å². The number of hydrogen-bond donors (Lipinski definition) is 0. The molecule has 0 bridgehead atoms. The first-order valence-electron chi connectivity index (χ1n) is 8.70. The Labute approximate surface area is 172 Å². The average Bonchev–Trinajstić information content (AvgIpc) is 2.98. The van der Waals surface area contributed by atoms with Gasteiger partial charge >= 0.3 is 0 Å². The molecule has 1 amide bonds. The Bertz CT molecular complexity index is 943. The quantitative estimate of drug-likeness (QED) is 0.381. The van der Waals surface area contributed by atoms with Gasteiger partial charge in [0.1, 0.15) is 5.82 Å². The molecule has 0 radical (unpaired) electrons. The number of rotatable bonds is 6. The fourth-order valence-corrected chi connectivity index (χ4v) is 4.08. The maximum Gasteiger partial charge on any atom is 0.242 e. The molecule has 3 rings (SSSR count). The fraction of sp³-hybridized carbons (Fsp3) is 0.190. The highest BCUT2D eigenvalue weighted by Crippen LogP contribution is 2.31. The van der Waals surface area contributed by atoms with Gasteiger partial charge in [0, 0.05) is 11.6 Å². The van der Waals surface area contributed by atoms with Crippen molar-refractivity contribution in [2.24, 2.45) is 10.2 Å². The predicted octanol–water partition coefficient (Wildman–Crippen LogP) is 4.93. The van der Waals surface area contributed by atoms with Crippen LogP contribution in [0.25, 0.3) is 0 Å². The van der Waals surface area contributed by atoms with Crippen LogP contribution in [0.1, 0.15) is 18.1 Å². The van der Waals surface area contributed by atoms with E-state index in [1.54, 1.807) is 30.0 Å². The summed E-state index contributed by atoms with van der Waals surface area (Å²) in [6.07, 6.45) is 2.17. The van der Waals surface area contributed by atoms with E-state index in [4.69, 9.17) is 11.6 Å². The summed E-state index contributed by atoms with van der Waals surface area (Å²) in [5, 5.41) is 9.36. The molecule has 2 aromatic carbocycles. The Hall–Kier alpha value is -2.44. The highest BCUT2D eigenvalue weighted by atomic mass is 35.5. The van der Waals surface area contributed by atoms with Crippen molar-refractivity contribution in [2.75, 3.05) is 6.54 Å². The van der Waals surface area contributed by atoms with E-state index in [0.717, 1.165) is 11.1 Å². The molecule has 0 saturated carbocycles. The largest absolute Gasteiger partial charge is 0.285 e. The average molecular weight is 416 g/mol. The van der Waals surface area contributed by atoms with Gasteiger partial charge in [0.05, 0.1) is 11.0 Å². The van der Waals surface area contributed by atoms with Crippen molar-refractivity contribution >= 4 is 40.1 Å². The van der Waals surface area contributed by atoms with Gasteiger partial charge in [0.2, 0.25) is 5.91 Å². The molecule has 1 aliphatic heterocycles. The predicted molar refractivity (Wildman–Crippen MR) is 114 cm³/mol. The van der Waals surface area contributed by atoms with Crippen molar-refractivity contribution in [1.82, 2.24) is 4.90 Å². The summed E-state index contributed by atoms with van der Waals surface area (Å²) in [5.41, 5.74) is 2.32. The van der Waals surface area contributed by atoms with Crippen molar-refractivity contribution in [3.8, 4) is 0 Å². The van der Waals surface area contributed by atoms with Crippen molar-refractivity contribution < 1.29 is 9.18 Å². The van der Waals surface area contributed by atoms with Gasteiger partial charge in [-0.05, 0) is 42.7 Å². The summed E-state index contributed by atoms with van der Waals surface area (Å²) in [4.78, 5) is 14.4. The highest BCUT2D eigenvalue weighted by Gasteiger charge is 2.37. The van der Waals surface area contributed by atoms with Crippen LogP contribution in [0.5, 0.6) is 0 Å². The molecule has 1 unspecified atom stereocenters. The molecular formula is C21H19ClFN3OS. The lowest BCUT2D eigenvalue weighted by Crippen LogP contribution is -2.32. The molecule has 1 heterocycles. The molecule has 4 nitrogen and oxygen atoms in total. The minimum Gasteiger partial charge on any atom is -0.285 e. The first-order chi connectivity index (χ1) is 13.5. The van der Waals surface area contributed by atoms with E-state index in [1.165, 1.54) is 23.9 Å². The number of amides is 1. The zero-order valence-electron chi connectivity index (χ0n) is 15.3. The van der Waals surface area contributed by atoms with Crippen LogP contribution in [0.2, 0.25) is 5.02 Å². The molecule has 0 N–H and O–H groups in total. The third kappa shape index (κ3) is 4.69. The van der Waals surface area contributed by atoms with Crippen LogP contribution in [0.3, 0.4) is 0 Å². The molecule has 0 aromatic heterocycles. The normalized spacial score (nSPS) is 18.8.